The number of hydrogen-bond donors (Lipinski definition) is 0. The second-order valence-electron chi connectivity index (χ2n) is 17.1. The van der Waals surface area contributed by atoms with Crippen molar-refractivity contribution in [2.75, 3.05) is 4.90 Å². The Morgan fingerprint density at radius 3 is 2.02 bits per heavy atom. The summed E-state index contributed by atoms with van der Waals surface area (Å²) in [6.07, 6.45) is 3.75. The molecular weight excluding hydrogens is 761 g/mol. The number of para-hydroxylation sites is 3. The highest BCUT2D eigenvalue weighted by molar-refractivity contribution is 6.06. The van der Waals surface area contributed by atoms with Crippen LogP contribution in [0, 0.1) is 0 Å². The molecule has 3 heterocycles. The van der Waals surface area contributed by atoms with Crippen LogP contribution in [0.4, 0.5) is 17.1 Å². The summed E-state index contributed by atoms with van der Waals surface area (Å²) < 4.78 is 19.7. The van der Waals surface area contributed by atoms with Crippen molar-refractivity contribution in [3.05, 3.63) is 228 Å². The molecule has 3 aliphatic rings. The third-order valence-electron chi connectivity index (χ3n) is 13.5. The van der Waals surface area contributed by atoms with E-state index in [9.17, 15) is 0 Å². The zero-order valence-corrected chi connectivity index (χ0v) is 34.1. The molecule has 0 radical (unpaired) electrons. The Morgan fingerprint density at radius 2 is 1.16 bits per heavy atom. The van der Waals surface area contributed by atoms with E-state index < -0.39 is 5.41 Å². The van der Waals surface area contributed by atoms with E-state index in [0.29, 0.717) is 0 Å². The average molecular weight is 799 g/mol. The molecule has 0 amide bonds. The SMILES string of the molecule is CC1(C)c2cc(N(c3cccnc3)c3ccc4c(c3)oc3ccccc34)ccc2-c2ccc(C3(c4ccccc4)c4ccccc4-c4c3ccc3c4Oc4ccccc4O3)cc21. The number of hydrogen-bond acceptors (Lipinski definition) is 5. The average Bonchev–Trinajstić information content (AvgIpc) is 3.92. The van der Waals surface area contributed by atoms with Crippen LogP contribution in [0.3, 0.4) is 0 Å². The number of ether oxygens (including phenoxy) is 2. The monoisotopic (exact) mass is 798 g/mol. The minimum absolute atomic E-state index is 0.324. The Kier molecular flexibility index (Phi) is 7.21. The fourth-order valence-corrected chi connectivity index (χ4v) is 10.7. The van der Waals surface area contributed by atoms with E-state index in [2.05, 4.69) is 163 Å². The van der Waals surface area contributed by atoms with Crippen molar-refractivity contribution in [1.82, 2.24) is 4.98 Å². The third-order valence-corrected chi connectivity index (χ3v) is 13.5. The van der Waals surface area contributed by atoms with Crippen LogP contribution in [0.2, 0.25) is 0 Å². The standard InChI is InChI=1S/C57H38N2O3/c1-56(2)47-31-36(57(35-13-4-3-5-14-35)45-18-8-6-17-44(45)54-46(57)28-29-52-55(54)62-51-21-11-10-20-50(51)61-52)22-25-40(47)41-26-23-37(32-48(41)56)59(39-15-12-30-58-34-39)38-24-27-43-42-16-7-9-19-49(42)60-53(43)33-38/h3-34H,1-2H3. The van der Waals surface area contributed by atoms with Gasteiger partial charge in [-0.05, 0) is 111 Å². The van der Waals surface area contributed by atoms with E-state index in [1.165, 1.54) is 44.5 Å². The minimum Gasteiger partial charge on any atom is -0.456 e. The molecule has 0 N–H and O–H groups in total. The van der Waals surface area contributed by atoms with E-state index in [4.69, 9.17) is 13.9 Å². The molecule has 0 fully saturated rings. The fraction of sp³-hybridized carbons (Fsp3) is 0.0702. The number of fused-ring (bicyclic) bond motifs is 12. The summed E-state index contributed by atoms with van der Waals surface area (Å²) in [4.78, 5) is 6.84. The molecule has 0 bridgehead atoms. The maximum Gasteiger partial charge on any atom is 0.178 e. The molecule has 62 heavy (non-hydrogen) atoms. The van der Waals surface area contributed by atoms with Gasteiger partial charge in [-0.1, -0.05) is 129 Å². The maximum absolute atomic E-state index is 6.78. The molecule has 0 saturated heterocycles. The summed E-state index contributed by atoms with van der Waals surface area (Å²) in [5.74, 6) is 2.92. The molecule has 1 atom stereocenters. The normalized spacial score (nSPS) is 16.0. The van der Waals surface area contributed by atoms with E-state index >= 15 is 0 Å². The number of aromatic nitrogens is 1. The summed E-state index contributed by atoms with van der Waals surface area (Å²) in [6, 6.07) is 64.9. The van der Waals surface area contributed by atoms with E-state index in [1.807, 2.05) is 54.9 Å². The Balaban J connectivity index is 0.975. The highest BCUT2D eigenvalue weighted by Crippen LogP contribution is 2.63. The smallest absolute Gasteiger partial charge is 0.178 e. The first-order valence-electron chi connectivity index (χ1n) is 21.2. The van der Waals surface area contributed by atoms with Crippen LogP contribution in [0.15, 0.2) is 199 Å². The number of anilines is 3. The Bertz CT molecular complexity index is 3460. The summed E-state index contributed by atoms with van der Waals surface area (Å²) in [5.41, 5.74) is 15.9. The topological polar surface area (TPSA) is 47.7 Å². The van der Waals surface area contributed by atoms with Gasteiger partial charge in [0.1, 0.15) is 11.2 Å². The Hall–Kier alpha value is -7.89. The molecule has 0 saturated carbocycles. The van der Waals surface area contributed by atoms with Crippen molar-refractivity contribution in [3.63, 3.8) is 0 Å². The first kappa shape index (κ1) is 34.9. The van der Waals surface area contributed by atoms with Crippen molar-refractivity contribution in [3.8, 4) is 45.3 Å². The zero-order valence-electron chi connectivity index (χ0n) is 34.1. The fourth-order valence-electron chi connectivity index (χ4n) is 10.7. The molecule has 2 aliphatic carbocycles. The first-order chi connectivity index (χ1) is 30.5. The predicted octanol–water partition coefficient (Wildman–Crippen LogP) is 15.0. The minimum atomic E-state index is -0.625. The van der Waals surface area contributed by atoms with Crippen LogP contribution in [-0.2, 0) is 10.8 Å². The predicted molar refractivity (Wildman–Crippen MR) is 248 cm³/mol. The summed E-state index contributed by atoms with van der Waals surface area (Å²) in [7, 11) is 0. The van der Waals surface area contributed by atoms with Gasteiger partial charge in [0.15, 0.2) is 23.0 Å². The van der Waals surface area contributed by atoms with Crippen LogP contribution in [0.1, 0.15) is 47.2 Å². The highest BCUT2D eigenvalue weighted by Gasteiger charge is 2.49. The van der Waals surface area contributed by atoms with Gasteiger partial charge in [0.25, 0.3) is 0 Å². The van der Waals surface area contributed by atoms with E-state index in [0.717, 1.165) is 73.1 Å². The summed E-state index contributed by atoms with van der Waals surface area (Å²) >= 11 is 0. The van der Waals surface area contributed by atoms with E-state index in [-0.39, 0.29) is 5.41 Å². The van der Waals surface area contributed by atoms with Gasteiger partial charge in [0, 0.05) is 45.4 Å². The van der Waals surface area contributed by atoms with Gasteiger partial charge < -0.3 is 18.8 Å². The molecule has 294 valence electrons. The van der Waals surface area contributed by atoms with Crippen LogP contribution in [0.5, 0.6) is 23.0 Å². The summed E-state index contributed by atoms with van der Waals surface area (Å²) in [5, 5.41) is 2.22. The molecule has 5 heteroatoms. The molecule has 13 rings (SSSR count). The second kappa shape index (κ2) is 12.8. The second-order valence-corrected chi connectivity index (χ2v) is 17.1. The molecule has 10 aromatic rings. The lowest BCUT2D eigenvalue weighted by Crippen LogP contribution is -2.29. The molecular formula is C57H38N2O3. The van der Waals surface area contributed by atoms with Crippen molar-refractivity contribution in [2.45, 2.75) is 24.7 Å². The van der Waals surface area contributed by atoms with Crippen molar-refractivity contribution < 1.29 is 13.9 Å². The van der Waals surface area contributed by atoms with Gasteiger partial charge in [0.05, 0.1) is 17.3 Å². The third kappa shape index (κ3) is 4.76. The van der Waals surface area contributed by atoms with Gasteiger partial charge in [-0.25, -0.2) is 0 Å². The van der Waals surface area contributed by atoms with Gasteiger partial charge >= 0.3 is 0 Å². The lowest BCUT2D eigenvalue weighted by Gasteiger charge is -2.35. The molecule has 0 spiro atoms. The number of nitrogens with zero attached hydrogens (tertiary/aromatic N) is 2. The molecule has 8 aromatic carbocycles. The molecule has 1 unspecified atom stereocenters. The number of rotatable bonds is 5. The van der Waals surface area contributed by atoms with Crippen LogP contribution in [-0.4, -0.2) is 4.98 Å². The Morgan fingerprint density at radius 1 is 0.452 bits per heavy atom. The summed E-state index contributed by atoms with van der Waals surface area (Å²) in [6.45, 7) is 4.73. The highest BCUT2D eigenvalue weighted by atomic mass is 16.6. The maximum atomic E-state index is 6.78. The number of benzene rings is 8. The van der Waals surface area contributed by atoms with E-state index in [1.54, 1.807) is 0 Å². The first-order valence-corrected chi connectivity index (χ1v) is 21.2. The van der Waals surface area contributed by atoms with Crippen LogP contribution in [0.25, 0.3) is 44.2 Å². The van der Waals surface area contributed by atoms with Gasteiger partial charge in [-0.2, -0.15) is 0 Å². The van der Waals surface area contributed by atoms with Gasteiger partial charge in [-0.3, -0.25) is 4.98 Å². The molecule has 2 aromatic heterocycles. The Labute approximate surface area is 359 Å². The largest absolute Gasteiger partial charge is 0.456 e. The molecule has 5 nitrogen and oxygen atoms in total. The lowest BCUT2D eigenvalue weighted by atomic mass is 9.66. The quantitative estimate of drug-likeness (QED) is 0.174. The zero-order chi connectivity index (χ0) is 41.2. The van der Waals surface area contributed by atoms with Crippen molar-refractivity contribution >= 4 is 39.0 Å². The van der Waals surface area contributed by atoms with Crippen molar-refractivity contribution in [1.29, 1.82) is 0 Å². The number of furan rings is 1. The van der Waals surface area contributed by atoms with Crippen molar-refractivity contribution in [2.24, 2.45) is 0 Å². The van der Waals surface area contributed by atoms with Gasteiger partial charge in [0.2, 0.25) is 0 Å². The molecule has 1 aliphatic heterocycles. The van der Waals surface area contributed by atoms with Crippen LogP contribution < -0.4 is 14.4 Å². The lowest BCUT2D eigenvalue weighted by molar-refractivity contribution is 0.360. The van der Waals surface area contributed by atoms with Gasteiger partial charge in [-0.15, -0.1) is 0 Å². The van der Waals surface area contributed by atoms with Crippen LogP contribution >= 0.6 is 0 Å². The number of pyridine rings is 1.